The van der Waals surface area contributed by atoms with Crippen molar-refractivity contribution in [3.05, 3.63) is 17.3 Å². The number of hydrogen-bond acceptors (Lipinski definition) is 2. The lowest BCUT2D eigenvalue weighted by Gasteiger charge is -2.11. The zero-order valence-corrected chi connectivity index (χ0v) is 9.86. The van der Waals surface area contributed by atoms with Gasteiger partial charge in [-0.1, -0.05) is 34.6 Å². The molecule has 0 aromatic carbocycles. The molecule has 0 radical (unpaired) electrons. The van der Waals surface area contributed by atoms with E-state index in [-0.39, 0.29) is 5.41 Å². The highest BCUT2D eigenvalue weighted by atomic mass is 16.4. The van der Waals surface area contributed by atoms with Crippen LogP contribution in [-0.4, -0.2) is 4.98 Å². The Kier molecular flexibility index (Phi) is 4.18. The average Bonchev–Trinajstić information content (AvgIpc) is 2.35. The predicted molar refractivity (Wildman–Crippen MR) is 56.0 cm³/mol. The van der Waals surface area contributed by atoms with Crippen LogP contribution in [0.2, 0.25) is 0 Å². The van der Waals surface area contributed by atoms with Crippen molar-refractivity contribution in [2.24, 2.45) is 0 Å². The number of hydrogen-bond donors (Lipinski definition) is 0. The molecular weight excluding hydrogens is 162 g/mol. The summed E-state index contributed by atoms with van der Waals surface area (Å²) in [7, 11) is 0. The average molecular weight is 183 g/mol. The first-order chi connectivity index (χ1) is 5.91. The third kappa shape index (κ3) is 3.21. The van der Waals surface area contributed by atoms with E-state index in [0.29, 0.717) is 0 Å². The summed E-state index contributed by atoms with van der Waals surface area (Å²) in [6.45, 7) is 14.2. The number of nitrogens with zero attached hydrogens (tertiary/aromatic N) is 1. The maximum atomic E-state index is 5.47. The van der Waals surface area contributed by atoms with E-state index in [0.717, 1.165) is 17.3 Å². The Morgan fingerprint density at radius 2 is 1.54 bits per heavy atom. The molecule has 0 N–H and O–H groups in total. The molecule has 2 heteroatoms. The van der Waals surface area contributed by atoms with Crippen LogP contribution in [0, 0.1) is 13.8 Å². The summed E-state index contributed by atoms with van der Waals surface area (Å²) in [5.41, 5.74) is 1.02. The van der Waals surface area contributed by atoms with Gasteiger partial charge in [0, 0.05) is 5.41 Å². The molecule has 0 atom stereocenters. The molecule has 1 aromatic heterocycles. The van der Waals surface area contributed by atoms with Gasteiger partial charge in [-0.05, 0) is 13.8 Å². The standard InChI is InChI=1S/C9H15NO.C2H6/c1-6-7(2)11-8(10-6)9(3,4)5;1-2/h1-5H3;1-2H3. The number of rotatable bonds is 0. The molecule has 1 rings (SSSR count). The first kappa shape index (κ1) is 12.2. The van der Waals surface area contributed by atoms with Gasteiger partial charge in [0.25, 0.3) is 0 Å². The topological polar surface area (TPSA) is 26.0 Å². The molecule has 0 unspecified atom stereocenters. The summed E-state index contributed by atoms with van der Waals surface area (Å²) in [6, 6.07) is 0. The second-order valence-corrected chi connectivity index (χ2v) is 3.91. The molecule has 0 aliphatic heterocycles. The fourth-order valence-corrected chi connectivity index (χ4v) is 0.794. The largest absolute Gasteiger partial charge is 0.445 e. The van der Waals surface area contributed by atoms with Gasteiger partial charge in [-0.15, -0.1) is 0 Å². The van der Waals surface area contributed by atoms with E-state index in [1.165, 1.54) is 0 Å². The van der Waals surface area contributed by atoms with Crippen LogP contribution in [0.5, 0.6) is 0 Å². The molecule has 0 fully saturated rings. The summed E-state index contributed by atoms with van der Waals surface area (Å²) < 4.78 is 5.47. The van der Waals surface area contributed by atoms with Crippen molar-refractivity contribution in [1.82, 2.24) is 4.98 Å². The van der Waals surface area contributed by atoms with Crippen LogP contribution in [0.4, 0.5) is 0 Å². The zero-order chi connectivity index (χ0) is 10.6. The highest BCUT2D eigenvalue weighted by Gasteiger charge is 2.20. The fraction of sp³-hybridized carbons (Fsp3) is 0.727. The minimum atomic E-state index is 0.0268. The summed E-state index contributed by atoms with van der Waals surface area (Å²) in [5.74, 6) is 1.75. The van der Waals surface area contributed by atoms with E-state index in [4.69, 9.17) is 4.42 Å². The second kappa shape index (κ2) is 4.45. The van der Waals surface area contributed by atoms with Crippen LogP contribution >= 0.6 is 0 Å². The van der Waals surface area contributed by atoms with Crippen LogP contribution in [0.1, 0.15) is 52.0 Å². The lowest BCUT2D eigenvalue weighted by Crippen LogP contribution is -2.11. The van der Waals surface area contributed by atoms with Crippen LogP contribution < -0.4 is 0 Å². The SMILES string of the molecule is CC.Cc1nc(C(C)(C)C)oc1C. The van der Waals surface area contributed by atoms with Crippen molar-refractivity contribution in [3.63, 3.8) is 0 Å². The van der Waals surface area contributed by atoms with E-state index >= 15 is 0 Å². The Morgan fingerprint density at radius 1 is 1.08 bits per heavy atom. The first-order valence-electron chi connectivity index (χ1n) is 4.86. The third-order valence-electron chi connectivity index (χ3n) is 1.67. The molecule has 0 aliphatic rings. The third-order valence-corrected chi connectivity index (χ3v) is 1.67. The van der Waals surface area contributed by atoms with Crippen LogP contribution in [-0.2, 0) is 5.41 Å². The fourth-order valence-electron chi connectivity index (χ4n) is 0.794. The van der Waals surface area contributed by atoms with Gasteiger partial charge >= 0.3 is 0 Å². The smallest absolute Gasteiger partial charge is 0.199 e. The van der Waals surface area contributed by atoms with Gasteiger partial charge in [-0.2, -0.15) is 0 Å². The number of oxazole rings is 1. The van der Waals surface area contributed by atoms with Crippen molar-refractivity contribution < 1.29 is 4.42 Å². The quantitative estimate of drug-likeness (QED) is 0.614. The Morgan fingerprint density at radius 3 is 1.69 bits per heavy atom. The van der Waals surface area contributed by atoms with Gasteiger partial charge in [-0.25, -0.2) is 4.98 Å². The summed E-state index contributed by atoms with van der Waals surface area (Å²) in [5, 5.41) is 0. The van der Waals surface area contributed by atoms with E-state index in [2.05, 4.69) is 25.8 Å². The molecule has 13 heavy (non-hydrogen) atoms. The molecule has 76 valence electrons. The zero-order valence-electron chi connectivity index (χ0n) is 9.86. The maximum Gasteiger partial charge on any atom is 0.199 e. The van der Waals surface area contributed by atoms with E-state index in [9.17, 15) is 0 Å². The van der Waals surface area contributed by atoms with Gasteiger partial charge in [0.2, 0.25) is 0 Å². The van der Waals surface area contributed by atoms with Gasteiger partial charge in [0.15, 0.2) is 5.89 Å². The molecule has 0 amide bonds. The van der Waals surface area contributed by atoms with E-state index in [1.807, 2.05) is 27.7 Å². The molecule has 0 spiro atoms. The molecular formula is C11H21NO. The van der Waals surface area contributed by atoms with Crippen LogP contribution in [0.15, 0.2) is 4.42 Å². The summed E-state index contributed by atoms with van der Waals surface area (Å²) in [6.07, 6.45) is 0. The van der Waals surface area contributed by atoms with Gasteiger partial charge < -0.3 is 4.42 Å². The second-order valence-electron chi connectivity index (χ2n) is 3.91. The van der Waals surface area contributed by atoms with Crippen molar-refractivity contribution in [2.45, 2.75) is 53.9 Å². The Labute approximate surface area is 81.4 Å². The molecule has 0 saturated heterocycles. The van der Waals surface area contributed by atoms with Crippen molar-refractivity contribution in [1.29, 1.82) is 0 Å². The lowest BCUT2D eigenvalue weighted by molar-refractivity contribution is 0.380. The predicted octanol–water partition coefficient (Wildman–Crippen LogP) is 3.62. The number of aromatic nitrogens is 1. The van der Waals surface area contributed by atoms with Crippen LogP contribution in [0.3, 0.4) is 0 Å². The number of aryl methyl sites for hydroxylation is 2. The van der Waals surface area contributed by atoms with E-state index < -0.39 is 0 Å². The Balaban J connectivity index is 0.000000671. The summed E-state index contributed by atoms with van der Waals surface area (Å²) >= 11 is 0. The van der Waals surface area contributed by atoms with Crippen molar-refractivity contribution in [2.75, 3.05) is 0 Å². The van der Waals surface area contributed by atoms with Crippen molar-refractivity contribution >= 4 is 0 Å². The normalized spacial score (nSPS) is 10.7. The minimum absolute atomic E-state index is 0.0268. The Hall–Kier alpha value is -0.790. The molecule has 0 saturated carbocycles. The molecule has 1 aromatic rings. The highest BCUT2D eigenvalue weighted by molar-refractivity contribution is 5.09. The van der Waals surface area contributed by atoms with E-state index in [1.54, 1.807) is 0 Å². The van der Waals surface area contributed by atoms with Gasteiger partial charge in [0.05, 0.1) is 5.69 Å². The highest BCUT2D eigenvalue weighted by Crippen LogP contribution is 2.22. The van der Waals surface area contributed by atoms with Gasteiger partial charge in [0.1, 0.15) is 5.76 Å². The van der Waals surface area contributed by atoms with Crippen molar-refractivity contribution in [3.8, 4) is 0 Å². The molecule has 0 aliphatic carbocycles. The lowest BCUT2D eigenvalue weighted by atomic mass is 9.97. The first-order valence-corrected chi connectivity index (χ1v) is 4.86. The molecule has 2 nitrogen and oxygen atoms in total. The minimum Gasteiger partial charge on any atom is -0.445 e. The van der Waals surface area contributed by atoms with Gasteiger partial charge in [-0.3, -0.25) is 0 Å². The monoisotopic (exact) mass is 183 g/mol. The molecule has 1 heterocycles. The molecule has 0 bridgehead atoms. The van der Waals surface area contributed by atoms with Crippen LogP contribution in [0.25, 0.3) is 0 Å². The Bertz CT molecular complexity index is 236. The maximum absolute atomic E-state index is 5.47. The summed E-state index contributed by atoms with van der Waals surface area (Å²) in [4.78, 5) is 4.31.